The predicted molar refractivity (Wildman–Crippen MR) is 109 cm³/mol. The van der Waals surface area contributed by atoms with Gasteiger partial charge in [-0.05, 0) is 31.2 Å². The summed E-state index contributed by atoms with van der Waals surface area (Å²) in [5.74, 6) is -0.622. The number of para-hydroxylation sites is 1. The average molecular weight is 492 g/mol. The van der Waals surface area contributed by atoms with Crippen LogP contribution in [0.2, 0.25) is 5.02 Å². The molecular formula is C19H17ClF3N3O5S. The van der Waals surface area contributed by atoms with Crippen LogP contribution in [0.3, 0.4) is 0 Å². The number of nitro benzene ring substituents is 1. The van der Waals surface area contributed by atoms with Crippen LogP contribution in [0.25, 0.3) is 0 Å². The molecule has 13 heteroatoms. The van der Waals surface area contributed by atoms with Gasteiger partial charge >= 0.3 is 6.18 Å². The van der Waals surface area contributed by atoms with Crippen LogP contribution in [0.5, 0.6) is 0 Å². The van der Waals surface area contributed by atoms with Gasteiger partial charge in [0.05, 0.1) is 20.4 Å². The van der Waals surface area contributed by atoms with Crippen LogP contribution in [0, 0.1) is 17.0 Å². The lowest BCUT2D eigenvalue weighted by Gasteiger charge is -2.34. The first-order chi connectivity index (χ1) is 14.8. The lowest BCUT2D eigenvalue weighted by atomic mass is 10.1. The summed E-state index contributed by atoms with van der Waals surface area (Å²) in [7, 11) is -4.28. The molecule has 0 saturated carbocycles. The Morgan fingerprint density at radius 1 is 1.12 bits per heavy atom. The second-order valence-corrected chi connectivity index (χ2v) is 9.41. The molecule has 32 heavy (non-hydrogen) atoms. The number of piperazine rings is 1. The van der Waals surface area contributed by atoms with Crippen molar-refractivity contribution in [3.05, 3.63) is 68.2 Å². The van der Waals surface area contributed by atoms with Crippen LogP contribution >= 0.6 is 11.6 Å². The Labute approximate surface area is 186 Å². The second kappa shape index (κ2) is 8.68. The summed E-state index contributed by atoms with van der Waals surface area (Å²) in [5, 5.41) is 10.7. The Bertz CT molecular complexity index is 1180. The summed E-state index contributed by atoms with van der Waals surface area (Å²) in [5.41, 5.74) is -1.39. The number of carbonyl (C=O) groups is 1. The van der Waals surface area contributed by atoms with Gasteiger partial charge in [-0.25, -0.2) is 8.42 Å². The molecule has 1 amide bonds. The first kappa shape index (κ1) is 24.0. The molecule has 2 aromatic rings. The highest BCUT2D eigenvalue weighted by Crippen LogP contribution is 2.36. The minimum absolute atomic E-state index is 0.0805. The van der Waals surface area contributed by atoms with E-state index < -0.39 is 42.5 Å². The first-order valence-electron chi connectivity index (χ1n) is 9.24. The van der Waals surface area contributed by atoms with E-state index in [1.165, 1.54) is 30.0 Å². The Morgan fingerprint density at radius 2 is 1.75 bits per heavy atom. The number of rotatable bonds is 4. The minimum Gasteiger partial charge on any atom is -0.336 e. The molecular weight excluding hydrogens is 475 g/mol. The molecule has 2 aromatic carbocycles. The van der Waals surface area contributed by atoms with Crippen molar-refractivity contribution in [1.82, 2.24) is 9.21 Å². The summed E-state index contributed by atoms with van der Waals surface area (Å²) in [6.07, 6.45) is -4.82. The summed E-state index contributed by atoms with van der Waals surface area (Å²) in [6.45, 7) is 0.974. The van der Waals surface area contributed by atoms with E-state index in [2.05, 4.69) is 0 Å². The lowest BCUT2D eigenvalue weighted by Crippen LogP contribution is -2.50. The number of sulfonamides is 1. The molecule has 0 bridgehead atoms. The summed E-state index contributed by atoms with van der Waals surface area (Å²) < 4.78 is 65.9. The molecule has 8 nitrogen and oxygen atoms in total. The number of nitrogens with zero attached hydrogens (tertiary/aromatic N) is 3. The van der Waals surface area contributed by atoms with E-state index in [1.807, 2.05) is 0 Å². The maximum atomic E-state index is 13.1. The Balaban J connectivity index is 1.80. The largest absolute Gasteiger partial charge is 0.417 e. The zero-order chi connectivity index (χ0) is 23.8. The van der Waals surface area contributed by atoms with E-state index in [0.717, 1.165) is 16.4 Å². The maximum Gasteiger partial charge on any atom is 0.417 e. The third-order valence-electron chi connectivity index (χ3n) is 5.06. The van der Waals surface area contributed by atoms with Gasteiger partial charge in [0.15, 0.2) is 0 Å². The normalized spacial score (nSPS) is 15.6. The predicted octanol–water partition coefficient (Wildman–Crippen LogP) is 3.72. The molecule has 0 aromatic heterocycles. The number of hydrogen-bond donors (Lipinski definition) is 0. The Morgan fingerprint density at radius 3 is 2.31 bits per heavy atom. The van der Waals surface area contributed by atoms with E-state index in [9.17, 15) is 36.5 Å². The third-order valence-corrected chi connectivity index (χ3v) is 7.28. The number of hydrogen-bond acceptors (Lipinski definition) is 5. The summed E-state index contributed by atoms with van der Waals surface area (Å²) in [6, 6.07) is 6.67. The van der Waals surface area contributed by atoms with Gasteiger partial charge in [-0.1, -0.05) is 23.7 Å². The standard InChI is InChI=1S/C19H17ClF3N3O5S/c1-12-3-2-4-14(17(12)26(28)29)18(27)24-7-9-25(10-8-24)32(30,31)13-5-6-16(20)15(11-13)19(21,22)23/h2-6,11H,7-10H2,1H3. The first-order valence-corrected chi connectivity index (χ1v) is 11.1. The molecule has 3 rings (SSSR count). The fourth-order valence-electron chi connectivity index (χ4n) is 3.41. The SMILES string of the molecule is Cc1cccc(C(=O)N2CCN(S(=O)(=O)c3ccc(Cl)c(C(F)(F)F)c3)CC2)c1[N+](=O)[O-]. The van der Waals surface area contributed by atoms with Crippen molar-refractivity contribution in [2.75, 3.05) is 26.2 Å². The molecule has 1 aliphatic heterocycles. The van der Waals surface area contributed by atoms with Gasteiger partial charge in [0.1, 0.15) is 5.56 Å². The molecule has 0 spiro atoms. The molecule has 0 N–H and O–H groups in total. The average Bonchev–Trinajstić information content (AvgIpc) is 2.72. The highest BCUT2D eigenvalue weighted by molar-refractivity contribution is 7.89. The number of aryl methyl sites for hydroxylation is 1. The van der Waals surface area contributed by atoms with E-state index >= 15 is 0 Å². The van der Waals surface area contributed by atoms with Crippen LogP contribution < -0.4 is 0 Å². The topological polar surface area (TPSA) is 101 Å². The van der Waals surface area contributed by atoms with Gasteiger partial charge in [0, 0.05) is 31.7 Å². The third kappa shape index (κ3) is 4.57. The van der Waals surface area contributed by atoms with E-state index in [4.69, 9.17) is 11.6 Å². The summed E-state index contributed by atoms with van der Waals surface area (Å²) in [4.78, 5) is 24.2. The van der Waals surface area contributed by atoms with Gasteiger partial charge in [0.2, 0.25) is 10.0 Å². The van der Waals surface area contributed by atoms with Gasteiger partial charge in [-0.2, -0.15) is 17.5 Å². The van der Waals surface area contributed by atoms with E-state index in [1.54, 1.807) is 0 Å². The molecule has 172 valence electrons. The molecule has 0 atom stereocenters. The van der Waals surface area contributed by atoms with Crippen LogP contribution in [-0.2, 0) is 16.2 Å². The molecule has 0 aliphatic carbocycles. The monoisotopic (exact) mass is 491 g/mol. The highest BCUT2D eigenvalue weighted by Gasteiger charge is 2.37. The number of halogens is 4. The summed E-state index contributed by atoms with van der Waals surface area (Å²) >= 11 is 5.55. The smallest absolute Gasteiger partial charge is 0.336 e. The van der Waals surface area contributed by atoms with Gasteiger partial charge in [0.25, 0.3) is 11.6 Å². The van der Waals surface area contributed by atoms with Crippen LogP contribution in [0.15, 0.2) is 41.3 Å². The van der Waals surface area contributed by atoms with Crippen LogP contribution in [0.4, 0.5) is 18.9 Å². The van der Waals surface area contributed by atoms with Crippen molar-refractivity contribution < 1.29 is 31.3 Å². The molecule has 1 aliphatic rings. The fraction of sp³-hybridized carbons (Fsp3) is 0.316. The fourth-order valence-corrected chi connectivity index (χ4v) is 5.08. The van der Waals surface area contributed by atoms with Gasteiger partial charge in [-0.15, -0.1) is 0 Å². The molecule has 0 radical (unpaired) electrons. The Kier molecular flexibility index (Phi) is 6.50. The van der Waals surface area contributed by atoms with Crippen molar-refractivity contribution in [2.45, 2.75) is 18.0 Å². The zero-order valence-electron chi connectivity index (χ0n) is 16.6. The molecule has 1 saturated heterocycles. The molecule has 1 heterocycles. The number of nitro groups is 1. The van der Waals surface area contributed by atoms with Crippen molar-refractivity contribution in [1.29, 1.82) is 0 Å². The molecule has 1 fully saturated rings. The van der Waals surface area contributed by atoms with E-state index in [-0.39, 0.29) is 37.4 Å². The highest BCUT2D eigenvalue weighted by atomic mass is 35.5. The quantitative estimate of drug-likeness (QED) is 0.479. The maximum absolute atomic E-state index is 13.1. The van der Waals surface area contributed by atoms with Crippen LogP contribution in [0.1, 0.15) is 21.5 Å². The van der Waals surface area contributed by atoms with Crippen molar-refractivity contribution in [2.24, 2.45) is 0 Å². The lowest BCUT2D eigenvalue weighted by molar-refractivity contribution is -0.385. The van der Waals surface area contributed by atoms with Gasteiger partial charge in [-0.3, -0.25) is 14.9 Å². The zero-order valence-corrected chi connectivity index (χ0v) is 18.2. The van der Waals surface area contributed by atoms with Crippen molar-refractivity contribution in [3.63, 3.8) is 0 Å². The number of amides is 1. The Hall–Kier alpha value is -2.70. The van der Waals surface area contributed by atoms with Crippen molar-refractivity contribution >= 4 is 33.2 Å². The second-order valence-electron chi connectivity index (χ2n) is 7.06. The van der Waals surface area contributed by atoms with Crippen molar-refractivity contribution in [3.8, 4) is 0 Å². The van der Waals surface area contributed by atoms with Gasteiger partial charge < -0.3 is 4.90 Å². The van der Waals surface area contributed by atoms with Crippen LogP contribution in [-0.4, -0.2) is 54.6 Å². The number of carbonyl (C=O) groups excluding carboxylic acids is 1. The minimum atomic E-state index is -4.82. The number of benzene rings is 2. The number of alkyl halides is 3. The molecule has 0 unspecified atom stereocenters. The van der Waals surface area contributed by atoms with E-state index in [0.29, 0.717) is 11.6 Å².